The Morgan fingerprint density at radius 3 is 3.21 bits per heavy atom. The normalized spacial score (nSPS) is 20.4. The fraction of sp³-hybridized carbons (Fsp3) is 0.615. The van der Waals surface area contributed by atoms with Crippen molar-refractivity contribution in [1.82, 2.24) is 10.3 Å². The van der Waals surface area contributed by atoms with Gasteiger partial charge in [-0.05, 0) is 37.8 Å². The van der Waals surface area contributed by atoms with Gasteiger partial charge in [0.15, 0.2) is 0 Å². The molecule has 0 bridgehead atoms. The molecule has 1 aliphatic heterocycles. The first kappa shape index (κ1) is 14.0. The first-order chi connectivity index (χ1) is 9.22. The second kappa shape index (κ2) is 6.70. The molecule has 19 heavy (non-hydrogen) atoms. The molecule has 1 fully saturated rings. The van der Waals surface area contributed by atoms with Gasteiger partial charge in [0.25, 0.3) is 5.91 Å². The minimum atomic E-state index is -0.341. The minimum Gasteiger partial charge on any atom is -0.467 e. The van der Waals surface area contributed by atoms with Crippen molar-refractivity contribution >= 4 is 5.91 Å². The zero-order chi connectivity index (χ0) is 13.7. The van der Waals surface area contributed by atoms with Crippen LogP contribution in [0, 0.1) is 5.92 Å². The maximum atomic E-state index is 11.3. The highest BCUT2D eigenvalue weighted by Crippen LogP contribution is 2.21. The molecule has 1 saturated heterocycles. The Bertz CT molecular complexity index is 417. The third kappa shape index (κ3) is 3.79. The number of hydrogen-bond donors (Lipinski definition) is 3. The number of carbonyl (C=O) groups is 1. The number of furan rings is 1. The Morgan fingerprint density at radius 1 is 1.63 bits per heavy atom. The van der Waals surface area contributed by atoms with Crippen LogP contribution in [0.2, 0.25) is 0 Å². The summed E-state index contributed by atoms with van der Waals surface area (Å²) in [4.78, 5) is 13.6. The number of nitrogen functional groups attached to an aromatic ring is 1. The highest BCUT2D eigenvalue weighted by Gasteiger charge is 2.20. The molecule has 6 heteroatoms. The van der Waals surface area contributed by atoms with Crippen molar-refractivity contribution in [2.45, 2.75) is 25.8 Å². The van der Waals surface area contributed by atoms with E-state index in [1.54, 1.807) is 6.07 Å². The monoisotopic (exact) mass is 267 g/mol. The van der Waals surface area contributed by atoms with E-state index < -0.39 is 0 Å². The zero-order valence-electron chi connectivity index (χ0n) is 11.0. The van der Waals surface area contributed by atoms with Crippen LogP contribution in [0.4, 0.5) is 0 Å². The average Bonchev–Trinajstić information content (AvgIpc) is 2.87. The van der Waals surface area contributed by atoms with E-state index in [1.165, 1.54) is 12.7 Å². The third-order valence-electron chi connectivity index (χ3n) is 3.57. The van der Waals surface area contributed by atoms with E-state index in [0.29, 0.717) is 18.0 Å². The van der Waals surface area contributed by atoms with Crippen molar-refractivity contribution in [3.8, 4) is 0 Å². The van der Waals surface area contributed by atoms with Gasteiger partial charge in [0, 0.05) is 13.2 Å². The van der Waals surface area contributed by atoms with Crippen LogP contribution in [0.15, 0.2) is 16.7 Å². The van der Waals surface area contributed by atoms with Crippen molar-refractivity contribution in [2.75, 3.05) is 19.7 Å². The molecule has 0 aromatic carbocycles. The summed E-state index contributed by atoms with van der Waals surface area (Å²) >= 11 is 0. The molecule has 4 N–H and O–H groups in total. The number of amides is 1. The predicted molar refractivity (Wildman–Crippen MR) is 70.1 cm³/mol. The number of aliphatic hydroxyl groups excluding tert-OH is 1. The first-order valence-corrected chi connectivity index (χ1v) is 6.64. The zero-order valence-corrected chi connectivity index (χ0v) is 11.0. The molecular weight excluding hydrogens is 246 g/mol. The standard InChI is InChI=1S/C13H21N3O3/c14-15-13(18)11-6-12(19-9-11)8-16-4-1-2-10(7-16)3-5-17/h6,9-10,17H,1-5,7-8,14H2,(H,15,18). The number of rotatable bonds is 5. The maximum Gasteiger partial charge on any atom is 0.268 e. The molecule has 1 aromatic heterocycles. The summed E-state index contributed by atoms with van der Waals surface area (Å²) in [6.45, 7) is 2.95. The van der Waals surface area contributed by atoms with Gasteiger partial charge in [-0.2, -0.15) is 0 Å². The van der Waals surface area contributed by atoms with Crippen molar-refractivity contribution in [3.63, 3.8) is 0 Å². The van der Waals surface area contributed by atoms with Gasteiger partial charge in [-0.1, -0.05) is 0 Å². The Morgan fingerprint density at radius 2 is 2.47 bits per heavy atom. The lowest BCUT2D eigenvalue weighted by molar-refractivity contribution is 0.0953. The van der Waals surface area contributed by atoms with Crippen molar-refractivity contribution in [1.29, 1.82) is 0 Å². The highest BCUT2D eigenvalue weighted by atomic mass is 16.3. The molecule has 2 rings (SSSR count). The lowest BCUT2D eigenvalue weighted by atomic mass is 9.95. The quantitative estimate of drug-likeness (QED) is 0.410. The van der Waals surface area contributed by atoms with Crippen LogP contribution in [-0.2, 0) is 6.54 Å². The van der Waals surface area contributed by atoms with Gasteiger partial charge in [-0.3, -0.25) is 15.1 Å². The molecule has 0 spiro atoms. The van der Waals surface area contributed by atoms with E-state index in [2.05, 4.69) is 10.3 Å². The van der Waals surface area contributed by atoms with Crippen LogP contribution in [0.3, 0.4) is 0 Å². The van der Waals surface area contributed by atoms with Crippen LogP contribution >= 0.6 is 0 Å². The Balaban J connectivity index is 1.89. The van der Waals surface area contributed by atoms with Gasteiger partial charge in [-0.15, -0.1) is 0 Å². The molecule has 0 radical (unpaired) electrons. The second-order valence-electron chi connectivity index (χ2n) is 5.03. The van der Waals surface area contributed by atoms with Crippen LogP contribution in [0.1, 0.15) is 35.4 Å². The van der Waals surface area contributed by atoms with Crippen molar-refractivity contribution < 1.29 is 14.3 Å². The molecule has 0 aliphatic carbocycles. The summed E-state index contributed by atoms with van der Waals surface area (Å²) in [6, 6.07) is 1.72. The fourth-order valence-electron chi connectivity index (χ4n) is 2.60. The molecular formula is C13H21N3O3. The van der Waals surface area contributed by atoms with Gasteiger partial charge >= 0.3 is 0 Å². The number of nitrogens with zero attached hydrogens (tertiary/aromatic N) is 1. The summed E-state index contributed by atoms with van der Waals surface area (Å²) in [5.74, 6) is 6.06. The van der Waals surface area contributed by atoms with E-state index in [-0.39, 0.29) is 12.5 Å². The van der Waals surface area contributed by atoms with Gasteiger partial charge in [-0.25, -0.2) is 5.84 Å². The van der Waals surface area contributed by atoms with Crippen molar-refractivity contribution in [2.24, 2.45) is 11.8 Å². The first-order valence-electron chi connectivity index (χ1n) is 6.64. The summed E-state index contributed by atoms with van der Waals surface area (Å²) in [5.41, 5.74) is 2.53. The van der Waals surface area contributed by atoms with Gasteiger partial charge < -0.3 is 9.52 Å². The van der Waals surface area contributed by atoms with Gasteiger partial charge in [0.2, 0.25) is 0 Å². The summed E-state index contributed by atoms with van der Waals surface area (Å²) in [7, 11) is 0. The molecule has 1 aliphatic rings. The number of hydrazine groups is 1. The van der Waals surface area contributed by atoms with E-state index in [9.17, 15) is 4.79 Å². The highest BCUT2D eigenvalue weighted by molar-refractivity contribution is 5.93. The molecule has 0 saturated carbocycles. The maximum absolute atomic E-state index is 11.3. The number of likely N-dealkylation sites (tertiary alicyclic amines) is 1. The van der Waals surface area contributed by atoms with Crippen LogP contribution in [-0.4, -0.2) is 35.6 Å². The SMILES string of the molecule is NNC(=O)c1coc(CN2CCCC(CCO)C2)c1. The van der Waals surface area contributed by atoms with Crippen LogP contribution in [0.5, 0.6) is 0 Å². The molecule has 1 amide bonds. The van der Waals surface area contributed by atoms with E-state index in [0.717, 1.165) is 31.7 Å². The second-order valence-corrected chi connectivity index (χ2v) is 5.03. The molecule has 1 aromatic rings. The summed E-state index contributed by atoms with van der Waals surface area (Å²) in [5, 5.41) is 8.99. The number of nitrogens with two attached hydrogens (primary N) is 1. The lowest BCUT2D eigenvalue weighted by Gasteiger charge is -2.31. The number of piperidine rings is 1. The van der Waals surface area contributed by atoms with E-state index in [4.69, 9.17) is 15.4 Å². The summed E-state index contributed by atoms with van der Waals surface area (Å²) < 4.78 is 5.38. The van der Waals surface area contributed by atoms with Crippen LogP contribution < -0.4 is 11.3 Å². The molecule has 1 unspecified atom stereocenters. The largest absolute Gasteiger partial charge is 0.467 e. The number of hydrogen-bond acceptors (Lipinski definition) is 5. The lowest BCUT2D eigenvalue weighted by Crippen LogP contribution is -2.35. The third-order valence-corrected chi connectivity index (χ3v) is 3.57. The molecule has 2 heterocycles. The van der Waals surface area contributed by atoms with Gasteiger partial charge in [0.1, 0.15) is 12.0 Å². The van der Waals surface area contributed by atoms with Gasteiger partial charge in [0.05, 0.1) is 12.1 Å². The molecule has 6 nitrogen and oxygen atoms in total. The predicted octanol–water partition coefficient (Wildman–Crippen LogP) is 0.477. The van der Waals surface area contributed by atoms with E-state index >= 15 is 0 Å². The fourth-order valence-corrected chi connectivity index (χ4v) is 2.60. The van der Waals surface area contributed by atoms with E-state index in [1.807, 2.05) is 0 Å². The minimum absolute atomic E-state index is 0.250. The Kier molecular flexibility index (Phi) is 4.95. The van der Waals surface area contributed by atoms with Crippen molar-refractivity contribution in [3.05, 3.63) is 23.7 Å². The number of aliphatic hydroxyl groups is 1. The molecule has 1 atom stereocenters. The smallest absolute Gasteiger partial charge is 0.268 e. The summed E-state index contributed by atoms with van der Waals surface area (Å²) in [6.07, 6.45) is 4.60. The topological polar surface area (TPSA) is 91.7 Å². The Hall–Kier alpha value is -1.37. The average molecular weight is 267 g/mol. The molecule has 106 valence electrons. The van der Waals surface area contributed by atoms with Crippen LogP contribution in [0.25, 0.3) is 0 Å². The number of carbonyl (C=O) groups excluding carboxylic acids is 1. The Labute approximate surface area is 112 Å². The number of nitrogens with one attached hydrogen (secondary N) is 1.